The molecule has 0 radical (unpaired) electrons. The van der Waals surface area contributed by atoms with Gasteiger partial charge in [0.25, 0.3) is 0 Å². The fourth-order valence-electron chi connectivity index (χ4n) is 2.25. The molecule has 1 aromatic carbocycles. The molecule has 0 aliphatic carbocycles. The number of para-hydroxylation sites is 1. The van der Waals surface area contributed by atoms with Crippen LogP contribution in [0.4, 0.5) is 5.69 Å². The van der Waals surface area contributed by atoms with E-state index in [4.69, 9.17) is 10.4 Å². The maximum atomic E-state index is 10.7. The van der Waals surface area contributed by atoms with E-state index in [0.29, 0.717) is 23.8 Å². The molecule has 20 heavy (non-hydrogen) atoms. The monoisotopic (exact) mass is 274 g/mol. The Bertz CT molecular complexity index is 478. The third-order valence-corrected chi connectivity index (χ3v) is 3.55. The zero-order chi connectivity index (χ0) is 15.0. The van der Waals surface area contributed by atoms with Crippen LogP contribution >= 0.6 is 0 Å². The van der Waals surface area contributed by atoms with Crippen LogP contribution in [0.25, 0.3) is 0 Å². The SMILES string of the molecule is CC(C)C(CCNc1ccccc1C#N)CCC(=O)O. The van der Waals surface area contributed by atoms with Crippen molar-refractivity contribution in [2.45, 2.75) is 33.1 Å². The van der Waals surface area contributed by atoms with Gasteiger partial charge >= 0.3 is 5.97 Å². The molecule has 0 amide bonds. The van der Waals surface area contributed by atoms with Gasteiger partial charge in [0.05, 0.1) is 11.3 Å². The van der Waals surface area contributed by atoms with E-state index in [-0.39, 0.29) is 6.42 Å². The smallest absolute Gasteiger partial charge is 0.303 e. The zero-order valence-corrected chi connectivity index (χ0v) is 12.1. The van der Waals surface area contributed by atoms with Crippen LogP contribution in [-0.4, -0.2) is 17.6 Å². The summed E-state index contributed by atoms with van der Waals surface area (Å²) in [6, 6.07) is 9.57. The number of carboxylic acids is 1. The molecule has 0 saturated carbocycles. The van der Waals surface area contributed by atoms with Crippen molar-refractivity contribution in [1.29, 1.82) is 5.26 Å². The molecular formula is C16H22N2O2. The summed E-state index contributed by atoms with van der Waals surface area (Å²) in [6.07, 6.45) is 1.83. The summed E-state index contributed by atoms with van der Waals surface area (Å²) in [6.45, 7) is 4.99. The molecule has 4 heteroatoms. The summed E-state index contributed by atoms with van der Waals surface area (Å²) in [5.74, 6) is 0.105. The van der Waals surface area contributed by atoms with Crippen LogP contribution in [0.15, 0.2) is 24.3 Å². The summed E-state index contributed by atoms with van der Waals surface area (Å²) < 4.78 is 0. The fourth-order valence-corrected chi connectivity index (χ4v) is 2.25. The van der Waals surface area contributed by atoms with Crippen molar-refractivity contribution in [1.82, 2.24) is 0 Å². The highest BCUT2D eigenvalue weighted by molar-refractivity contribution is 5.66. The Kier molecular flexibility index (Phi) is 6.58. The van der Waals surface area contributed by atoms with Gasteiger partial charge in [0.2, 0.25) is 0 Å². The zero-order valence-electron chi connectivity index (χ0n) is 12.1. The van der Waals surface area contributed by atoms with E-state index in [9.17, 15) is 4.79 Å². The van der Waals surface area contributed by atoms with Crippen molar-refractivity contribution < 1.29 is 9.90 Å². The first kappa shape index (κ1) is 16.0. The molecule has 1 rings (SSSR count). The Morgan fingerprint density at radius 1 is 1.35 bits per heavy atom. The van der Waals surface area contributed by atoms with E-state index in [1.54, 1.807) is 6.07 Å². The molecule has 1 unspecified atom stereocenters. The molecule has 0 bridgehead atoms. The molecule has 4 nitrogen and oxygen atoms in total. The highest BCUT2D eigenvalue weighted by atomic mass is 16.4. The predicted octanol–water partition coefficient (Wildman–Crippen LogP) is 3.50. The molecule has 0 aromatic heterocycles. The standard InChI is InChI=1S/C16H22N2O2/c1-12(2)13(7-8-16(19)20)9-10-18-15-6-4-3-5-14(15)11-17/h3-6,12-13,18H,7-10H2,1-2H3,(H,19,20). The number of anilines is 1. The molecule has 0 spiro atoms. The minimum absolute atomic E-state index is 0.220. The second-order valence-corrected chi connectivity index (χ2v) is 5.31. The first-order chi connectivity index (χ1) is 9.54. The minimum atomic E-state index is -0.738. The molecule has 1 atom stereocenters. The van der Waals surface area contributed by atoms with Gasteiger partial charge in [0.1, 0.15) is 6.07 Å². The molecule has 0 heterocycles. The van der Waals surface area contributed by atoms with Gasteiger partial charge < -0.3 is 10.4 Å². The number of hydrogen-bond acceptors (Lipinski definition) is 3. The van der Waals surface area contributed by atoms with Crippen LogP contribution in [0.5, 0.6) is 0 Å². The molecule has 0 aliphatic heterocycles. The Labute approximate surface area is 120 Å². The van der Waals surface area contributed by atoms with Crippen molar-refractivity contribution >= 4 is 11.7 Å². The first-order valence-electron chi connectivity index (χ1n) is 6.99. The predicted molar refractivity (Wildman–Crippen MR) is 79.5 cm³/mol. The van der Waals surface area contributed by atoms with E-state index in [2.05, 4.69) is 25.2 Å². The van der Waals surface area contributed by atoms with E-state index >= 15 is 0 Å². The normalized spacial score (nSPS) is 11.9. The Balaban J connectivity index is 2.48. The summed E-state index contributed by atoms with van der Waals surface area (Å²) >= 11 is 0. The number of nitrogens with zero attached hydrogens (tertiary/aromatic N) is 1. The lowest BCUT2D eigenvalue weighted by Crippen LogP contribution is -2.16. The third kappa shape index (κ3) is 5.31. The Hall–Kier alpha value is -2.02. The Morgan fingerprint density at radius 2 is 2.05 bits per heavy atom. The van der Waals surface area contributed by atoms with Crippen LogP contribution in [0.3, 0.4) is 0 Å². The lowest BCUT2D eigenvalue weighted by Gasteiger charge is -2.20. The average Bonchev–Trinajstić information content (AvgIpc) is 2.42. The van der Waals surface area contributed by atoms with Crippen molar-refractivity contribution in [2.75, 3.05) is 11.9 Å². The topological polar surface area (TPSA) is 73.1 Å². The molecule has 0 fully saturated rings. The van der Waals surface area contributed by atoms with Gasteiger partial charge in [-0.15, -0.1) is 0 Å². The summed E-state index contributed by atoms with van der Waals surface area (Å²) in [5, 5.41) is 21.0. The van der Waals surface area contributed by atoms with E-state index in [1.807, 2.05) is 18.2 Å². The van der Waals surface area contributed by atoms with Gasteiger partial charge in [-0.25, -0.2) is 0 Å². The third-order valence-electron chi connectivity index (χ3n) is 3.55. The summed E-state index contributed by atoms with van der Waals surface area (Å²) in [5.41, 5.74) is 1.48. The number of carboxylic acid groups (broad SMARTS) is 1. The molecule has 108 valence electrons. The van der Waals surface area contributed by atoms with Gasteiger partial charge in [0.15, 0.2) is 0 Å². The number of hydrogen-bond donors (Lipinski definition) is 2. The van der Waals surface area contributed by atoms with Crippen molar-refractivity contribution in [2.24, 2.45) is 11.8 Å². The van der Waals surface area contributed by atoms with Gasteiger partial charge in [-0.2, -0.15) is 5.26 Å². The van der Waals surface area contributed by atoms with Gasteiger partial charge in [0, 0.05) is 13.0 Å². The number of aliphatic carboxylic acids is 1. The van der Waals surface area contributed by atoms with Crippen molar-refractivity contribution in [3.05, 3.63) is 29.8 Å². The average molecular weight is 274 g/mol. The highest BCUT2D eigenvalue weighted by Crippen LogP contribution is 2.22. The summed E-state index contributed by atoms with van der Waals surface area (Å²) in [7, 11) is 0. The number of nitriles is 1. The van der Waals surface area contributed by atoms with Crippen LogP contribution < -0.4 is 5.32 Å². The van der Waals surface area contributed by atoms with E-state index < -0.39 is 5.97 Å². The van der Waals surface area contributed by atoms with Crippen LogP contribution in [-0.2, 0) is 4.79 Å². The second-order valence-electron chi connectivity index (χ2n) is 5.31. The van der Waals surface area contributed by atoms with E-state index in [0.717, 1.165) is 18.7 Å². The summed E-state index contributed by atoms with van der Waals surface area (Å²) in [4.78, 5) is 10.7. The lowest BCUT2D eigenvalue weighted by atomic mass is 9.88. The number of carbonyl (C=O) groups is 1. The van der Waals surface area contributed by atoms with Crippen molar-refractivity contribution in [3.63, 3.8) is 0 Å². The molecule has 0 saturated heterocycles. The fraction of sp³-hybridized carbons (Fsp3) is 0.500. The molecular weight excluding hydrogens is 252 g/mol. The van der Waals surface area contributed by atoms with Gasteiger partial charge in [-0.05, 0) is 36.8 Å². The molecule has 1 aromatic rings. The highest BCUT2D eigenvalue weighted by Gasteiger charge is 2.14. The lowest BCUT2D eigenvalue weighted by molar-refractivity contribution is -0.137. The van der Waals surface area contributed by atoms with Crippen LogP contribution in [0.1, 0.15) is 38.7 Å². The Morgan fingerprint density at radius 3 is 2.65 bits per heavy atom. The number of benzene rings is 1. The van der Waals surface area contributed by atoms with Crippen LogP contribution in [0, 0.1) is 23.2 Å². The molecule has 2 N–H and O–H groups in total. The van der Waals surface area contributed by atoms with Crippen LogP contribution in [0.2, 0.25) is 0 Å². The quantitative estimate of drug-likeness (QED) is 0.761. The second kappa shape index (κ2) is 8.21. The molecule has 0 aliphatic rings. The minimum Gasteiger partial charge on any atom is -0.481 e. The van der Waals surface area contributed by atoms with Gasteiger partial charge in [-0.3, -0.25) is 4.79 Å². The largest absolute Gasteiger partial charge is 0.481 e. The number of nitrogens with one attached hydrogen (secondary N) is 1. The van der Waals surface area contributed by atoms with Crippen molar-refractivity contribution in [3.8, 4) is 6.07 Å². The van der Waals surface area contributed by atoms with Gasteiger partial charge in [-0.1, -0.05) is 26.0 Å². The van der Waals surface area contributed by atoms with E-state index in [1.165, 1.54) is 0 Å². The first-order valence-corrected chi connectivity index (χ1v) is 6.99. The number of rotatable bonds is 8. The maximum absolute atomic E-state index is 10.7. The maximum Gasteiger partial charge on any atom is 0.303 e.